The van der Waals surface area contributed by atoms with E-state index in [1.165, 1.54) is 32.5 Å². The van der Waals surface area contributed by atoms with E-state index < -0.39 is 0 Å². The summed E-state index contributed by atoms with van der Waals surface area (Å²) in [5.41, 5.74) is 0.538. The molecule has 0 aromatic carbocycles. The fraction of sp³-hybridized carbons (Fsp3) is 1.00. The van der Waals surface area contributed by atoms with Crippen molar-refractivity contribution < 1.29 is 0 Å². The Labute approximate surface area is 87.6 Å². The van der Waals surface area contributed by atoms with E-state index in [1.807, 2.05) is 0 Å². The molecule has 14 heavy (non-hydrogen) atoms. The Morgan fingerprint density at radius 3 is 2.21 bits per heavy atom. The largest absolute Gasteiger partial charge is 0.293 e. The van der Waals surface area contributed by atoms with Crippen LogP contribution in [0, 0.1) is 0 Å². The van der Waals surface area contributed by atoms with Crippen molar-refractivity contribution in [3.63, 3.8) is 0 Å². The third-order valence-corrected chi connectivity index (χ3v) is 3.70. The molecule has 0 amide bonds. The van der Waals surface area contributed by atoms with Crippen molar-refractivity contribution >= 4 is 0 Å². The fourth-order valence-electron chi connectivity index (χ4n) is 2.71. The molecule has 1 saturated carbocycles. The van der Waals surface area contributed by atoms with Crippen LogP contribution in [0.3, 0.4) is 0 Å². The van der Waals surface area contributed by atoms with Crippen LogP contribution in [-0.4, -0.2) is 60.2 Å². The van der Waals surface area contributed by atoms with Gasteiger partial charge in [0.2, 0.25) is 0 Å². The summed E-state index contributed by atoms with van der Waals surface area (Å²) >= 11 is 0. The van der Waals surface area contributed by atoms with E-state index in [-0.39, 0.29) is 0 Å². The van der Waals surface area contributed by atoms with Crippen molar-refractivity contribution in [3.05, 3.63) is 0 Å². The molecule has 1 saturated heterocycles. The number of piperazine rings is 1. The van der Waals surface area contributed by atoms with Crippen LogP contribution in [0.5, 0.6) is 0 Å². The van der Waals surface area contributed by atoms with Gasteiger partial charge in [0.05, 0.1) is 0 Å². The van der Waals surface area contributed by atoms with Crippen LogP contribution >= 0.6 is 0 Å². The van der Waals surface area contributed by atoms with E-state index in [0.29, 0.717) is 11.6 Å². The maximum atomic E-state index is 2.70. The first-order valence-electron chi connectivity index (χ1n) is 5.74. The van der Waals surface area contributed by atoms with Crippen LogP contribution < -0.4 is 0 Å². The molecule has 0 atom stereocenters. The first-order chi connectivity index (χ1) is 6.55. The molecule has 3 nitrogen and oxygen atoms in total. The van der Waals surface area contributed by atoms with Crippen LogP contribution in [0.4, 0.5) is 0 Å². The summed E-state index contributed by atoms with van der Waals surface area (Å²) in [7, 11) is 4.31. The quantitative estimate of drug-likeness (QED) is 0.654. The Kier molecular flexibility index (Phi) is 2.58. The molecule has 0 N–H and O–H groups in total. The predicted molar refractivity (Wildman–Crippen MR) is 59.1 cm³/mol. The Morgan fingerprint density at radius 2 is 1.79 bits per heavy atom. The van der Waals surface area contributed by atoms with Crippen molar-refractivity contribution in [1.82, 2.24) is 14.9 Å². The zero-order valence-corrected chi connectivity index (χ0v) is 9.95. The van der Waals surface area contributed by atoms with Crippen molar-refractivity contribution in [1.29, 1.82) is 0 Å². The standard InChI is InChI=1S/C11H23N3/c1-10(2)14-8-7-13(12(3)4)9-11(14)5-6-11/h10H,5-9H2,1-4H3. The van der Waals surface area contributed by atoms with Gasteiger partial charge in [-0.05, 0) is 26.7 Å². The summed E-state index contributed by atoms with van der Waals surface area (Å²) in [5, 5.41) is 4.73. The Morgan fingerprint density at radius 1 is 1.14 bits per heavy atom. The molecule has 0 unspecified atom stereocenters. The molecule has 2 rings (SSSR count). The highest BCUT2D eigenvalue weighted by Crippen LogP contribution is 2.45. The van der Waals surface area contributed by atoms with Gasteiger partial charge in [-0.1, -0.05) is 0 Å². The van der Waals surface area contributed by atoms with E-state index >= 15 is 0 Å². The lowest BCUT2D eigenvalue weighted by Crippen LogP contribution is -2.59. The summed E-state index contributed by atoms with van der Waals surface area (Å²) in [6, 6.07) is 0.710. The highest BCUT2D eigenvalue weighted by atomic mass is 15.6. The van der Waals surface area contributed by atoms with E-state index in [9.17, 15) is 0 Å². The van der Waals surface area contributed by atoms with Gasteiger partial charge in [0, 0.05) is 45.3 Å². The SMILES string of the molecule is CC(C)N1CCN(N(C)C)CC12CC2. The number of hydrazine groups is 1. The third kappa shape index (κ3) is 1.69. The molecule has 1 aliphatic heterocycles. The summed E-state index contributed by atoms with van der Waals surface area (Å²) in [5.74, 6) is 0. The van der Waals surface area contributed by atoms with Gasteiger partial charge in [-0.15, -0.1) is 0 Å². The Bertz CT molecular complexity index is 209. The molecule has 0 radical (unpaired) electrons. The summed E-state index contributed by atoms with van der Waals surface area (Å²) in [6.45, 7) is 8.30. The van der Waals surface area contributed by atoms with Gasteiger partial charge in [-0.3, -0.25) is 4.90 Å². The average molecular weight is 197 g/mol. The van der Waals surface area contributed by atoms with Gasteiger partial charge in [0.15, 0.2) is 0 Å². The normalized spacial score (nSPS) is 27.9. The summed E-state index contributed by atoms with van der Waals surface area (Å²) in [6.07, 6.45) is 2.80. The fourth-order valence-corrected chi connectivity index (χ4v) is 2.71. The molecular formula is C11H23N3. The second-order valence-electron chi connectivity index (χ2n) is 5.25. The molecule has 0 bridgehead atoms. The minimum atomic E-state index is 0.538. The first-order valence-corrected chi connectivity index (χ1v) is 5.74. The topological polar surface area (TPSA) is 9.72 Å². The van der Waals surface area contributed by atoms with Gasteiger partial charge in [-0.25, -0.2) is 10.0 Å². The van der Waals surface area contributed by atoms with E-state index in [2.05, 4.69) is 42.9 Å². The molecular weight excluding hydrogens is 174 g/mol. The summed E-state index contributed by atoms with van der Waals surface area (Å²) < 4.78 is 0. The van der Waals surface area contributed by atoms with Crippen molar-refractivity contribution in [2.75, 3.05) is 33.7 Å². The average Bonchev–Trinajstić information content (AvgIpc) is 2.84. The lowest BCUT2D eigenvalue weighted by Gasteiger charge is -2.46. The smallest absolute Gasteiger partial charge is 0.0355 e. The predicted octanol–water partition coefficient (Wildman–Crippen LogP) is 1.02. The number of hydrogen-bond donors (Lipinski definition) is 0. The van der Waals surface area contributed by atoms with Crippen molar-refractivity contribution in [2.45, 2.75) is 38.3 Å². The monoisotopic (exact) mass is 197 g/mol. The lowest BCUT2D eigenvalue weighted by molar-refractivity contribution is -0.0628. The van der Waals surface area contributed by atoms with Gasteiger partial charge in [0.1, 0.15) is 0 Å². The van der Waals surface area contributed by atoms with Crippen LogP contribution in [0.15, 0.2) is 0 Å². The van der Waals surface area contributed by atoms with Crippen LogP contribution in [-0.2, 0) is 0 Å². The van der Waals surface area contributed by atoms with Gasteiger partial charge in [0.25, 0.3) is 0 Å². The second-order valence-corrected chi connectivity index (χ2v) is 5.25. The molecule has 3 heteroatoms. The molecule has 0 aromatic rings. The number of rotatable bonds is 2. The lowest BCUT2D eigenvalue weighted by atomic mass is 10.1. The highest BCUT2D eigenvalue weighted by molar-refractivity contribution is 5.08. The number of hydrogen-bond acceptors (Lipinski definition) is 3. The van der Waals surface area contributed by atoms with Gasteiger partial charge < -0.3 is 0 Å². The first kappa shape index (κ1) is 10.4. The molecule has 0 aromatic heterocycles. The van der Waals surface area contributed by atoms with Gasteiger partial charge >= 0.3 is 0 Å². The van der Waals surface area contributed by atoms with Crippen molar-refractivity contribution in [3.8, 4) is 0 Å². The van der Waals surface area contributed by atoms with Crippen LogP contribution in [0.1, 0.15) is 26.7 Å². The zero-order chi connectivity index (χ0) is 10.3. The van der Waals surface area contributed by atoms with E-state index in [0.717, 1.165) is 0 Å². The maximum Gasteiger partial charge on any atom is 0.0355 e. The number of nitrogens with zero attached hydrogens (tertiary/aromatic N) is 3. The van der Waals surface area contributed by atoms with E-state index in [4.69, 9.17) is 0 Å². The molecule has 2 fully saturated rings. The summed E-state index contributed by atoms with van der Waals surface area (Å²) in [4.78, 5) is 2.70. The Balaban J connectivity index is 2.02. The van der Waals surface area contributed by atoms with Crippen molar-refractivity contribution in [2.24, 2.45) is 0 Å². The third-order valence-electron chi connectivity index (χ3n) is 3.70. The molecule has 1 spiro atoms. The van der Waals surface area contributed by atoms with E-state index in [1.54, 1.807) is 0 Å². The second kappa shape index (κ2) is 3.47. The molecule has 1 aliphatic carbocycles. The minimum absolute atomic E-state index is 0.538. The zero-order valence-electron chi connectivity index (χ0n) is 9.95. The molecule has 82 valence electrons. The van der Waals surface area contributed by atoms with Gasteiger partial charge in [-0.2, -0.15) is 0 Å². The Hall–Kier alpha value is -0.120. The molecule has 2 aliphatic rings. The highest BCUT2D eigenvalue weighted by Gasteiger charge is 2.52. The molecule has 1 heterocycles. The van der Waals surface area contributed by atoms with Crippen LogP contribution in [0.2, 0.25) is 0 Å². The maximum absolute atomic E-state index is 2.70. The van der Waals surface area contributed by atoms with Crippen LogP contribution in [0.25, 0.3) is 0 Å². The minimum Gasteiger partial charge on any atom is -0.293 e.